The van der Waals surface area contributed by atoms with Gasteiger partial charge in [-0.3, -0.25) is 10.1 Å². The fourth-order valence-corrected chi connectivity index (χ4v) is 1.68. The Kier molecular flexibility index (Phi) is 5.14. The third-order valence-corrected chi connectivity index (χ3v) is 2.66. The van der Waals surface area contributed by atoms with Gasteiger partial charge in [0.15, 0.2) is 6.10 Å². The first-order valence-electron chi connectivity index (χ1n) is 6.80. The highest BCUT2D eigenvalue weighted by molar-refractivity contribution is 5.92. The highest BCUT2D eigenvalue weighted by Gasteiger charge is 2.20. The first kappa shape index (κ1) is 14.8. The summed E-state index contributed by atoms with van der Waals surface area (Å²) in [4.78, 5) is 16.1. The van der Waals surface area contributed by atoms with Crippen molar-refractivity contribution < 1.29 is 14.3 Å². The maximum atomic E-state index is 12.2. The van der Waals surface area contributed by atoms with Gasteiger partial charge in [-0.2, -0.15) is 4.98 Å². The number of nitrogens with zero attached hydrogens (tertiary/aromatic N) is 2. The fourth-order valence-electron chi connectivity index (χ4n) is 1.68. The Morgan fingerprint density at radius 2 is 2.10 bits per heavy atom. The summed E-state index contributed by atoms with van der Waals surface area (Å²) in [5, 5.41) is 9.02. The first-order valence-corrected chi connectivity index (χ1v) is 6.80. The van der Waals surface area contributed by atoms with Crippen molar-refractivity contribution in [3.63, 3.8) is 0 Å². The fraction of sp³-hybridized carbons (Fsp3) is 0.357. The molecule has 1 atom stereocenters. The highest BCUT2D eigenvalue weighted by atomic mass is 16.5. The van der Waals surface area contributed by atoms with Gasteiger partial charge < -0.3 is 9.47 Å². The topological polar surface area (TPSA) is 89.1 Å². The van der Waals surface area contributed by atoms with Crippen LogP contribution < -0.4 is 14.8 Å². The molecule has 2 N–H and O–H groups in total. The van der Waals surface area contributed by atoms with Crippen molar-refractivity contribution in [2.45, 2.75) is 26.4 Å². The number of para-hydroxylation sites is 1. The molecule has 0 radical (unpaired) electrons. The Morgan fingerprint density at radius 3 is 2.76 bits per heavy atom. The second kappa shape index (κ2) is 7.28. The SMILES string of the molecule is CCOc1n[nH]c(NC(=O)C(CC)Oc2ccccc2)n1. The Labute approximate surface area is 122 Å². The zero-order chi connectivity index (χ0) is 15.1. The van der Waals surface area contributed by atoms with E-state index in [1.807, 2.05) is 32.0 Å². The van der Waals surface area contributed by atoms with E-state index in [1.165, 1.54) is 0 Å². The number of amides is 1. The molecule has 1 unspecified atom stereocenters. The Morgan fingerprint density at radius 1 is 1.33 bits per heavy atom. The van der Waals surface area contributed by atoms with Crippen molar-refractivity contribution in [2.24, 2.45) is 0 Å². The zero-order valence-corrected chi connectivity index (χ0v) is 12.0. The Bertz CT molecular complexity index is 571. The molecule has 2 rings (SSSR count). The molecule has 0 saturated heterocycles. The maximum absolute atomic E-state index is 12.2. The number of rotatable bonds is 7. The van der Waals surface area contributed by atoms with Crippen molar-refractivity contribution in [1.82, 2.24) is 15.2 Å². The minimum atomic E-state index is -0.604. The van der Waals surface area contributed by atoms with Gasteiger partial charge in [0.1, 0.15) is 5.75 Å². The number of benzene rings is 1. The number of nitrogens with one attached hydrogen (secondary N) is 2. The monoisotopic (exact) mass is 290 g/mol. The summed E-state index contributed by atoms with van der Waals surface area (Å²) in [6.45, 7) is 4.16. The number of hydrogen-bond acceptors (Lipinski definition) is 5. The predicted molar refractivity (Wildman–Crippen MR) is 77.3 cm³/mol. The number of carbonyl (C=O) groups excluding carboxylic acids is 1. The molecule has 0 bridgehead atoms. The van der Waals surface area contributed by atoms with Gasteiger partial charge in [-0.1, -0.05) is 25.1 Å². The summed E-state index contributed by atoms with van der Waals surface area (Å²) in [5.74, 6) is 0.589. The number of H-pyrrole nitrogens is 1. The van der Waals surface area contributed by atoms with Crippen LogP contribution in [0.25, 0.3) is 0 Å². The summed E-state index contributed by atoms with van der Waals surface area (Å²) < 4.78 is 10.8. The van der Waals surface area contributed by atoms with Gasteiger partial charge >= 0.3 is 6.01 Å². The average Bonchev–Trinajstić information content (AvgIpc) is 2.93. The van der Waals surface area contributed by atoms with Gasteiger partial charge in [-0.25, -0.2) is 5.10 Å². The maximum Gasteiger partial charge on any atom is 0.337 e. The van der Waals surface area contributed by atoms with Gasteiger partial charge in [-0.15, -0.1) is 5.10 Å². The van der Waals surface area contributed by atoms with Crippen LogP contribution in [0.3, 0.4) is 0 Å². The van der Waals surface area contributed by atoms with Crippen molar-refractivity contribution in [1.29, 1.82) is 0 Å². The van der Waals surface area contributed by atoms with Gasteiger partial charge in [0.25, 0.3) is 5.91 Å². The molecule has 0 fully saturated rings. The molecule has 1 heterocycles. The summed E-state index contributed by atoms with van der Waals surface area (Å²) in [6.07, 6.45) is -0.0688. The first-order chi connectivity index (χ1) is 10.2. The lowest BCUT2D eigenvalue weighted by atomic mass is 10.2. The molecular weight excluding hydrogens is 272 g/mol. The molecule has 7 heteroatoms. The second-order valence-corrected chi connectivity index (χ2v) is 4.22. The van der Waals surface area contributed by atoms with E-state index >= 15 is 0 Å². The largest absolute Gasteiger partial charge is 0.481 e. The minimum absolute atomic E-state index is 0.199. The van der Waals surface area contributed by atoms with Gasteiger partial charge in [-0.05, 0) is 25.5 Å². The molecule has 0 aliphatic heterocycles. The Balaban J connectivity index is 1.96. The van der Waals surface area contributed by atoms with E-state index in [1.54, 1.807) is 12.1 Å². The molecule has 1 aromatic carbocycles. The lowest BCUT2D eigenvalue weighted by Gasteiger charge is -2.16. The molecule has 0 aliphatic carbocycles. The molecular formula is C14H18N4O3. The Hall–Kier alpha value is -2.57. The van der Waals surface area contributed by atoms with E-state index in [-0.39, 0.29) is 17.9 Å². The highest BCUT2D eigenvalue weighted by Crippen LogP contribution is 2.14. The quantitative estimate of drug-likeness (QED) is 0.814. The van der Waals surface area contributed by atoms with Gasteiger partial charge in [0.05, 0.1) is 6.61 Å². The predicted octanol–water partition coefficient (Wildman–Crippen LogP) is 2.00. The lowest BCUT2D eigenvalue weighted by Crippen LogP contribution is -2.32. The van der Waals surface area contributed by atoms with Gasteiger partial charge in [0.2, 0.25) is 5.95 Å². The zero-order valence-electron chi connectivity index (χ0n) is 12.0. The van der Waals surface area contributed by atoms with E-state index in [9.17, 15) is 4.79 Å². The standard InChI is InChI=1S/C14H18N4O3/c1-3-11(21-10-8-6-5-7-9-10)12(19)15-13-16-14(18-17-13)20-4-2/h5-9,11H,3-4H2,1-2H3,(H2,15,16,17,18,19). The minimum Gasteiger partial charge on any atom is -0.481 e. The summed E-state index contributed by atoms with van der Waals surface area (Å²) in [6, 6.07) is 9.40. The summed E-state index contributed by atoms with van der Waals surface area (Å²) in [7, 11) is 0. The van der Waals surface area contributed by atoms with Crippen LogP contribution in [0.2, 0.25) is 0 Å². The molecule has 21 heavy (non-hydrogen) atoms. The van der Waals surface area contributed by atoms with Crippen LogP contribution in [0.1, 0.15) is 20.3 Å². The van der Waals surface area contributed by atoms with Crippen LogP contribution >= 0.6 is 0 Å². The summed E-state index contributed by atoms with van der Waals surface area (Å²) >= 11 is 0. The molecule has 0 aliphatic rings. The van der Waals surface area contributed by atoms with Crippen LogP contribution in [0.4, 0.5) is 5.95 Å². The number of carbonyl (C=O) groups is 1. The van der Waals surface area contributed by atoms with Crippen molar-refractivity contribution in [2.75, 3.05) is 11.9 Å². The number of ether oxygens (including phenoxy) is 2. The van der Waals surface area contributed by atoms with Crippen LogP contribution in [0.5, 0.6) is 11.8 Å². The normalized spacial score (nSPS) is 11.7. The molecule has 1 aromatic heterocycles. The van der Waals surface area contributed by atoms with Crippen LogP contribution in [0.15, 0.2) is 30.3 Å². The van der Waals surface area contributed by atoms with E-state index in [2.05, 4.69) is 20.5 Å². The van der Waals surface area contributed by atoms with E-state index in [4.69, 9.17) is 9.47 Å². The van der Waals surface area contributed by atoms with E-state index in [0.29, 0.717) is 18.8 Å². The van der Waals surface area contributed by atoms with Crippen LogP contribution in [0, 0.1) is 0 Å². The molecule has 7 nitrogen and oxygen atoms in total. The third-order valence-electron chi connectivity index (χ3n) is 2.66. The second-order valence-electron chi connectivity index (χ2n) is 4.22. The van der Waals surface area contributed by atoms with E-state index < -0.39 is 6.10 Å². The molecule has 0 saturated carbocycles. The third kappa shape index (κ3) is 4.20. The van der Waals surface area contributed by atoms with Crippen LogP contribution in [-0.2, 0) is 4.79 Å². The van der Waals surface area contributed by atoms with Crippen molar-refractivity contribution in [3.8, 4) is 11.8 Å². The van der Waals surface area contributed by atoms with Crippen molar-refractivity contribution in [3.05, 3.63) is 30.3 Å². The van der Waals surface area contributed by atoms with Crippen molar-refractivity contribution >= 4 is 11.9 Å². The van der Waals surface area contributed by atoms with Gasteiger partial charge in [0, 0.05) is 0 Å². The molecule has 1 amide bonds. The lowest BCUT2D eigenvalue weighted by molar-refractivity contribution is -0.122. The number of hydrogen-bond donors (Lipinski definition) is 2. The summed E-state index contributed by atoms with van der Waals surface area (Å²) in [5.41, 5.74) is 0. The molecule has 112 valence electrons. The number of anilines is 1. The average molecular weight is 290 g/mol. The van der Waals surface area contributed by atoms with Crippen LogP contribution in [-0.4, -0.2) is 33.8 Å². The number of aromatic nitrogens is 3. The molecule has 0 spiro atoms. The van der Waals surface area contributed by atoms with E-state index in [0.717, 1.165) is 0 Å². The molecule has 2 aromatic rings. The smallest absolute Gasteiger partial charge is 0.337 e. The number of aromatic amines is 1.